The smallest absolute Gasteiger partial charge is 0.254 e. The van der Waals surface area contributed by atoms with E-state index in [1.165, 1.54) is 11.3 Å². The van der Waals surface area contributed by atoms with Crippen LogP contribution in [0.15, 0.2) is 48.8 Å². The average molecular weight is 488 g/mol. The van der Waals surface area contributed by atoms with Gasteiger partial charge in [-0.2, -0.15) is 5.26 Å². The quantitative estimate of drug-likeness (QED) is 0.589. The molecule has 2 amide bonds. The van der Waals surface area contributed by atoms with E-state index in [1.807, 2.05) is 30.3 Å². The van der Waals surface area contributed by atoms with Gasteiger partial charge in [0.05, 0.1) is 0 Å². The first-order valence-electron chi connectivity index (χ1n) is 13.0. The van der Waals surface area contributed by atoms with Crippen molar-refractivity contribution in [3.8, 4) is 6.19 Å². The number of aromatic nitrogens is 1. The van der Waals surface area contributed by atoms with Gasteiger partial charge in [0.1, 0.15) is 11.6 Å². The van der Waals surface area contributed by atoms with Crippen molar-refractivity contribution in [3.63, 3.8) is 0 Å². The summed E-state index contributed by atoms with van der Waals surface area (Å²) in [7, 11) is 0. The molecule has 1 aliphatic heterocycles. The maximum Gasteiger partial charge on any atom is 0.254 e. The van der Waals surface area contributed by atoms with Crippen molar-refractivity contribution < 1.29 is 9.59 Å². The molecule has 1 aromatic heterocycles. The highest BCUT2D eigenvalue weighted by molar-refractivity contribution is 6.06. The minimum absolute atomic E-state index is 0.0496. The lowest BCUT2D eigenvalue weighted by molar-refractivity contribution is -0.137. The molecule has 190 valence electrons. The molecule has 1 saturated carbocycles. The zero-order valence-corrected chi connectivity index (χ0v) is 21.8. The molecule has 2 aliphatic rings. The molecule has 0 radical (unpaired) electrons. The van der Waals surface area contributed by atoms with Crippen molar-refractivity contribution in [2.45, 2.75) is 89.3 Å². The highest BCUT2D eigenvalue weighted by Crippen LogP contribution is 2.38. The standard InChI is InChI=1S/C29H37N5O2/c1-28(2,3)22-12-14-24(15-13-22)34(27(36)29(4)16-18-33(29)20-30)25(21-9-8-17-31-19-21)26(35)32-23-10-6-5-7-11-23/h8-9,12-15,17,19,23,25H,5-7,10-11,16,18H2,1-4H3,(H,32,35)/t25?,29-/m1/s1. The van der Waals surface area contributed by atoms with Gasteiger partial charge in [-0.1, -0.05) is 58.2 Å². The summed E-state index contributed by atoms with van der Waals surface area (Å²) >= 11 is 0. The molecular formula is C29H37N5O2. The van der Waals surface area contributed by atoms with Crippen LogP contribution in [0.2, 0.25) is 0 Å². The number of hydrogen-bond acceptors (Lipinski definition) is 5. The minimum atomic E-state index is -0.997. The third-order valence-corrected chi connectivity index (χ3v) is 7.69. The van der Waals surface area contributed by atoms with Crippen molar-refractivity contribution in [1.82, 2.24) is 15.2 Å². The Morgan fingerprint density at radius 2 is 1.86 bits per heavy atom. The highest BCUT2D eigenvalue weighted by Gasteiger charge is 2.51. The summed E-state index contributed by atoms with van der Waals surface area (Å²) in [6.07, 6.45) is 11.3. The second-order valence-corrected chi connectivity index (χ2v) is 11.3. The first-order chi connectivity index (χ1) is 17.1. The number of carbonyl (C=O) groups is 2. The highest BCUT2D eigenvalue weighted by atomic mass is 16.2. The van der Waals surface area contributed by atoms with E-state index in [4.69, 9.17) is 0 Å². The van der Waals surface area contributed by atoms with Crippen molar-refractivity contribution in [2.75, 3.05) is 11.4 Å². The van der Waals surface area contributed by atoms with Crippen molar-refractivity contribution in [3.05, 3.63) is 59.9 Å². The fourth-order valence-corrected chi connectivity index (χ4v) is 5.19. The first kappa shape index (κ1) is 25.7. The van der Waals surface area contributed by atoms with Gasteiger partial charge in [0.2, 0.25) is 5.91 Å². The Kier molecular flexibility index (Phi) is 7.35. The van der Waals surface area contributed by atoms with Crippen LogP contribution in [0, 0.1) is 11.5 Å². The van der Waals surface area contributed by atoms with E-state index in [-0.39, 0.29) is 23.3 Å². The summed E-state index contributed by atoms with van der Waals surface area (Å²) in [6, 6.07) is 10.7. The zero-order valence-electron chi connectivity index (χ0n) is 21.8. The third kappa shape index (κ3) is 5.09. The lowest BCUT2D eigenvalue weighted by atomic mass is 9.84. The van der Waals surface area contributed by atoms with Crippen LogP contribution >= 0.6 is 0 Å². The van der Waals surface area contributed by atoms with Crippen molar-refractivity contribution in [2.24, 2.45) is 0 Å². The summed E-state index contributed by atoms with van der Waals surface area (Å²) in [5.41, 5.74) is 1.36. The first-order valence-corrected chi connectivity index (χ1v) is 13.0. The predicted octanol–water partition coefficient (Wildman–Crippen LogP) is 4.85. The van der Waals surface area contributed by atoms with Crippen LogP contribution in [0.4, 0.5) is 5.69 Å². The number of amides is 2. The molecule has 2 fully saturated rings. The molecular weight excluding hydrogens is 450 g/mol. The fourth-order valence-electron chi connectivity index (χ4n) is 5.19. The maximum absolute atomic E-state index is 14.2. The van der Waals surface area contributed by atoms with Gasteiger partial charge in [-0.3, -0.25) is 24.4 Å². The lowest BCUT2D eigenvalue weighted by Gasteiger charge is -2.48. The average Bonchev–Trinajstić information content (AvgIpc) is 2.86. The van der Waals surface area contributed by atoms with Crippen LogP contribution < -0.4 is 10.2 Å². The van der Waals surface area contributed by atoms with Crippen LogP contribution in [0.5, 0.6) is 0 Å². The van der Waals surface area contributed by atoms with Gasteiger partial charge >= 0.3 is 0 Å². The lowest BCUT2D eigenvalue weighted by Crippen LogP contribution is -2.65. The Morgan fingerprint density at radius 1 is 1.17 bits per heavy atom. The summed E-state index contributed by atoms with van der Waals surface area (Å²) in [4.78, 5) is 35.5. The number of hydrogen-bond donors (Lipinski definition) is 1. The van der Waals surface area contributed by atoms with E-state index in [0.29, 0.717) is 24.2 Å². The van der Waals surface area contributed by atoms with Gasteiger partial charge in [0.15, 0.2) is 6.19 Å². The fraction of sp³-hybridized carbons (Fsp3) is 0.517. The Labute approximate surface area is 214 Å². The van der Waals surface area contributed by atoms with Gasteiger partial charge in [-0.25, -0.2) is 0 Å². The monoisotopic (exact) mass is 487 g/mol. The molecule has 36 heavy (non-hydrogen) atoms. The van der Waals surface area contributed by atoms with Crippen LogP contribution in [0.3, 0.4) is 0 Å². The van der Waals surface area contributed by atoms with Gasteiger partial charge in [0.25, 0.3) is 5.91 Å². The molecule has 1 aromatic carbocycles. The molecule has 1 N–H and O–H groups in total. The zero-order chi connectivity index (χ0) is 25.9. The Bertz CT molecular complexity index is 1110. The van der Waals surface area contributed by atoms with Crippen LogP contribution in [0.25, 0.3) is 0 Å². The molecule has 2 aromatic rings. The van der Waals surface area contributed by atoms with Gasteiger partial charge < -0.3 is 5.32 Å². The molecule has 7 heteroatoms. The second kappa shape index (κ2) is 10.3. The number of pyridine rings is 1. The molecule has 0 spiro atoms. The molecule has 1 aliphatic carbocycles. The summed E-state index contributed by atoms with van der Waals surface area (Å²) in [5, 5.41) is 12.9. The number of anilines is 1. The molecule has 4 rings (SSSR count). The third-order valence-electron chi connectivity index (χ3n) is 7.69. The maximum atomic E-state index is 14.2. The molecule has 7 nitrogen and oxygen atoms in total. The summed E-state index contributed by atoms with van der Waals surface area (Å²) < 4.78 is 0. The molecule has 2 heterocycles. The van der Waals surface area contributed by atoms with E-state index < -0.39 is 11.6 Å². The molecule has 1 saturated heterocycles. The van der Waals surface area contributed by atoms with Gasteiger partial charge in [0, 0.05) is 36.2 Å². The second-order valence-electron chi connectivity index (χ2n) is 11.3. The van der Waals surface area contributed by atoms with E-state index in [9.17, 15) is 14.9 Å². The van der Waals surface area contributed by atoms with Crippen molar-refractivity contribution >= 4 is 17.5 Å². The number of nitrogens with one attached hydrogen (secondary N) is 1. The van der Waals surface area contributed by atoms with E-state index in [0.717, 1.165) is 31.2 Å². The molecule has 1 unspecified atom stereocenters. The number of benzene rings is 1. The van der Waals surface area contributed by atoms with Gasteiger partial charge in [-0.15, -0.1) is 0 Å². The minimum Gasteiger partial charge on any atom is -0.351 e. The Morgan fingerprint density at radius 3 is 2.39 bits per heavy atom. The Balaban J connectivity index is 1.79. The van der Waals surface area contributed by atoms with E-state index >= 15 is 0 Å². The van der Waals surface area contributed by atoms with Crippen LogP contribution in [0.1, 0.15) is 83.4 Å². The SMILES string of the molecule is CC(C)(C)c1ccc(N(C(=O)[C@@]2(C)CCN2C#N)C(C(=O)NC2CCCCC2)c2cccnc2)cc1. The summed E-state index contributed by atoms with van der Waals surface area (Å²) in [5.74, 6) is -0.471. The number of nitriles is 1. The number of likely N-dealkylation sites (tertiary alicyclic amines) is 1. The van der Waals surface area contributed by atoms with E-state index in [1.54, 1.807) is 30.3 Å². The number of nitrogens with zero attached hydrogens (tertiary/aromatic N) is 4. The van der Waals surface area contributed by atoms with Gasteiger partial charge in [-0.05, 0) is 55.4 Å². The normalized spacial score (nSPS) is 21.1. The van der Waals surface area contributed by atoms with Crippen molar-refractivity contribution in [1.29, 1.82) is 5.26 Å². The van der Waals surface area contributed by atoms with Crippen LogP contribution in [-0.4, -0.2) is 39.8 Å². The Hall–Kier alpha value is -3.40. The molecule has 2 atom stereocenters. The summed E-state index contributed by atoms with van der Waals surface area (Å²) in [6.45, 7) is 8.74. The predicted molar refractivity (Wildman–Crippen MR) is 140 cm³/mol. The van der Waals surface area contributed by atoms with E-state index in [2.05, 4.69) is 37.3 Å². The van der Waals surface area contributed by atoms with Crippen LogP contribution in [-0.2, 0) is 15.0 Å². The largest absolute Gasteiger partial charge is 0.351 e. The topological polar surface area (TPSA) is 89.3 Å². The number of carbonyl (C=O) groups excluding carboxylic acids is 2. The molecule has 0 bridgehead atoms. The number of rotatable bonds is 6.